The number of fused-ring (bicyclic) bond motifs is 1. The van der Waals surface area contributed by atoms with Crippen LogP contribution in [0.5, 0.6) is 5.75 Å². The molecule has 1 saturated heterocycles. The van der Waals surface area contributed by atoms with Crippen molar-refractivity contribution in [3.63, 3.8) is 0 Å². The number of anilines is 2. The highest BCUT2D eigenvalue weighted by Gasteiger charge is 2.12. The van der Waals surface area contributed by atoms with Crippen LogP contribution in [-0.4, -0.2) is 45.7 Å². The first-order valence-corrected chi connectivity index (χ1v) is 11.4. The van der Waals surface area contributed by atoms with E-state index in [0.29, 0.717) is 22.6 Å². The molecule has 1 N–H and O–H groups in total. The fraction of sp³-hybridized carbons (Fsp3) is 0.250. The van der Waals surface area contributed by atoms with Crippen LogP contribution < -0.4 is 10.1 Å². The van der Waals surface area contributed by atoms with Crippen LogP contribution in [0.3, 0.4) is 0 Å². The van der Waals surface area contributed by atoms with Gasteiger partial charge in [-0.3, -0.25) is 4.90 Å². The van der Waals surface area contributed by atoms with E-state index in [1.165, 1.54) is 25.9 Å². The van der Waals surface area contributed by atoms with Gasteiger partial charge in [0.15, 0.2) is 5.65 Å². The maximum atomic E-state index is 6.20. The van der Waals surface area contributed by atoms with Gasteiger partial charge in [0, 0.05) is 17.8 Å². The highest BCUT2D eigenvalue weighted by molar-refractivity contribution is 6.42. The van der Waals surface area contributed by atoms with Crippen LogP contribution in [0.25, 0.3) is 16.9 Å². The monoisotopic (exact) mass is 467 g/mol. The molecular formula is C24H23Cl2N5O. The Bertz CT molecular complexity index is 1220. The van der Waals surface area contributed by atoms with E-state index in [4.69, 9.17) is 27.9 Å². The van der Waals surface area contributed by atoms with E-state index in [1.807, 2.05) is 54.6 Å². The first kappa shape index (κ1) is 21.1. The Labute approximate surface area is 196 Å². The highest BCUT2D eigenvalue weighted by Crippen LogP contribution is 2.29. The second-order valence-corrected chi connectivity index (χ2v) is 8.61. The lowest BCUT2D eigenvalue weighted by Crippen LogP contribution is -2.25. The van der Waals surface area contributed by atoms with Gasteiger partial charge in [0.25, 0.3) is 0 Å². The largest absolute Gasteiger partial charge is 0.492 e. The van der Waals surface area contributed by atoms with Crippen molar-refractivity contribution < 1.29 is 4.74 Å². The van der Waals surface area contributed by atoms with Gasteiger partial charge in [0.1, 0.15) is 12.4 Å². The number of nitrogens with one attached hydrogen (secondary N) is 1. The van der Waals surface area contributed by atoms with Crippen molar-refractivity contribution in [2.24, 2.45) is 0 Å². The molecule has 0 aliphatic carbocycles. The van der Waals surface area contributed by atoms with E-state index in [9.17, 15) is 0 Å². The Morgan fingerprint density at radius 2 is 1.75 bits per heavy atom. The molecule has 0 radical (unpaired) electrons. The van der Waals surface area contributed by atoms with Gasteiger partial charge in [-0.15, -0.1) is 5.10 Å². The Morgan fingerprint density at radius 3 is 2.53 bits per heavy atom. The average molecular weight is 468 g/mol. The van der Waals surface area contributed by atoms with Gasteiger partial charge < -0.3 is 10.1 Å². The van der Waals surface area contributed by atoms with Crippen molar-refractivity contribution in [3.05, 3.63) is 70.7 Å². The molecule has 164 valence electrons. The smallest absolute Gasteiger partial charge is 0.247 e. The Morgan fingerprint density at radius 1 is 0.938 bits per heavy atom. The van der Waals surface area contributed by atoms with E-state index >= 15 is 0 Å². The van der Waals surface area contributed by atoms with Crippen LogP contribution in [0, 0.1) is 0 Å². The maximum Gasteiger partial charge on any atom is 0.247 e. The predicted molar refractivity (Wildman–Crippen MR) is 129 cm³/mol. The van der Waals surface area contributed by atoms with Crippen molar-refractivity contribution >= 4 is 40.5 Å². The molecule has 1 aliphatic rings. The molecule has 0 saturated carbocycles. The number of hydrogen-bond donors (Lipinski definition) is 1. The van der Waals surface area contributed by atoms with Gasteiger partial charge in [0.2, 0.25) is 5.95 Å². The maximum absolute atomic E-state index is 6.20. The van der Waals surface area contributed by atoms with Gasteiger partial charge in [-0.25, -0.2) is 4.52 Å². The number of likely N-dealkylation sites (tertiary alicyclic amines) is 1. The Kier molecular flexibility index (Phi) is 6.17. The summed E-state index contributed by atoms with van der Waals surface area (Å²) in [5, 5.41) is 8.92. The van der Waals surface area contributed by atoms with E-state index in [2.05, 4.69) is 20.3 Å². The molecule has 0 amide bonds. The van der Waals surface area contributed by atoms with Gasteiger partial charge in [-0.2, -0.15) is 4.98 Å². The highest BCUT2D eigenvalue weighted by atomic mass is 35.5. The number of aromatic nitrogens is 3. The second-order valence-electron chi connectivity index (χ2n) is 7.79. The van der Waals surface area contributed by atoms with Gasteiger partial charge in [0.05, 0.1) is 15.7 Å². The minimum Gasteiger partial charge on any atom is -0.492 e. The van der Waals surface area contributed by atoms with E-state index in [-0.39, 0.29) is 0 Å². The minimum absolute atomic E-state index is 0.502. The SMILES string of the molecule is Clc1ccc(-c2cccc3nc(Nc4ccc(OCCN5CCCC5)cc4)nn23)cc1Cl. The molecule has 1 fully saturated rings. The molecule has 4 aromatic rings. The minimum atomic E-state index is 0.502. The fourth-order valence-electron chi connectivity index (χ4n) is 3.89. The van der Waals surface area contributed by atoms with Crippen LogP contribution in [0.1, 0.15) is 12.8 Å². The Hall–Kier alpha value is -2.80. The standard InChI is InChI=1S/C24H23Cl2N5O/c25-20-11-6-17(16-21(20)26)22-4-3-5-23-28-24(29-31(22)23)27-18-7-9-19(10-8-18)32-15-14-30-12-1-2-13-30/h3-11,16H,1-2,12-15H2,(H,27,29). The first-order valence-electron chi connectivity index (χ1n) is 10.7. The molecule has 0 atom stereocenters. The number of rotatable bonds is 7. The summed E-state index contributed by atoms with van der Waals surface area (Å²) in [5.41, 5.74) is 3.42. The zero-order chi connectivity index (χ0) is 21.9. The molecule has 0 unspecified atom stereocenters. The zero-order valence-corrected chi connectivity index (χ0v) is 19.0. The van der Waals surface area contributed by atoms with E-state index < -0.39 is 0 Å². The molecule has 0 spiro atoms. The molecule has 1 aliphatic heterocycles. The van der Waals surface area contributed by atoms with Crippen LogP contribution >= 0.6 is 23.2 Å². The summed E-state index contributed by atoms with van der Waals surface area (Å²) < 4.78 is 7.67. The molecule has 0 bridgehead atoms. The summed E-state index contributed by atoms with van der Waals surface area (Å²) in [5.74, 6) is 1.37. The molecule has 5 rings (SSSR count). The summed E-state index contributed by atoms with van der Waals surface area (Å²) in [6, 6.07) is 19.2. The second kappa shape index (κ2) is 9.36. The predicted octanol–water partition coefficient (Wildman–Crippen LogP) is 5.92. The summed E-state index contributed by atoms with van der Waals surface area (Å²) in [6.07, 6.45) is 2.60. The van der Waals surface area contributed by atoms with Crippen LogP contribution in [0.2, 0.25) is 10.0 Å². The van der Waals surface area contributed by atoms with Crippen molar-refractivity contribution in [1.29, 1.82) is 0 Å². The van der Waals surface area contributed by atoms with Crippen LogP contribution in [0.4, 0.5) is 11.6 Å². The molecule has 32 heavy (non-hydrogen) atoms. The summed E-state index contributed by atoms with van der Waals surface area (Å²) in [4.78, 5) is 7.04. The lowest BCUT2D eigenvalue weighted by Gasteiger charge is -2.15. The Balaban J connectivity index is 1.28. The summed E-state index contributed by atoms with van der Waals surface area (Å²) in [7, 11) is 0. The number of ether oxygens (including phenoxy) is 1. The van der Waals surface area contributed by atoms with E-state index in [1.54, 1.807) is 10.6 Å². The first-order chi connectivity index (χ1) is 15.7. The van der Waals surface area contributed by atoms with Crippen molar-refractivity contribution in [2.45, 2.75) is 12.8 Å². The van der Waals surface area contributed by atoms with Crippen molar-refractivity contribution in [2.75, 3.05) is 31.6 Å². The van der Waals surface area contributed by atoms with Crippen LogP contribution in [-0.2, 0) is 0 Å². The number of benzene rings is 2. The lowest BCUT2D eigenvalue weighted by atomic mass is 10.1. The molecule has 6 nitrogen and oxygen atoms in total. The quantitative estimate of drug-likeness (QED) is 0.365. The molecule has 8 heteroatoms. The third-order valence-electron chi connectivity index (χ3n) is 5.56. The topological polar surface area (TPSA) is 54.7 Å². The van der Waals surface area contributed by atoms with E-state index in [0.717, 1.165) is 34.9 Å². The number of halogens is 2. The van der Waals surface area contributed by atoms with Crippen LogP contribution in [0.15, 0.2) is 60.7 Å². The van der Waals surface area contributed by atoms with Gasteiger partial charge in [-0.05, 0) is 74.5 Å². The number of hydrogen-bond acceptors (Lipinski definition) is 5. The van der Waals surface area contributed by atoms with Gasteiger partial charge >= 0.3 is 0 Å². The zero-order valence-electron chi connectivity index (χ0n) is 17.5. The molecule has 2 aromatic carbocycles. The fourth-order valence-corrected chi connectivity index (χ4v) is 4.19. The lowest BCUT2D eigenvalue weighted by molar-refractivity contribution is 0.238. The number of nitrogens with zero attached hydrogens (tertiary/aromatic N) is 4. The molecule has 2 aromatic heterocycles. The molecule has 3 heterocycles. The number of pyridine rings is 1. The normalized spacial score (nSPS) is 14.2. The third kappa shape index (κ3) is 4.67. The van der Waals surface area contributed by atoms with Crippen molar-refractivity contribution in [3.8, 4) is 17.0 Å². The van der Waals surface area contributed by atoms with Gasteiger partial charge in [-0.1, -0.05) is 35.3 Å². The average Bonchev–Trinajstić information content (AvgIpc) is 3.46. The summed E-state index contributed by atoms with van der Waals surface area (Å²) >= 11 is 12.3. The summed E-state index contributed by atoms with van der Waals surface area (Å²) in [6.45, 7) is 4.06. The third-order valence-corrected chi connectivity index (χ3v) is 6.30. The molecular weight excluding hydrogens is 445 g/mol. The van der Waals surface area contributed by atoms with Crippen molar-refractivity contribution in [1.82, 2.24) is 19.5 Å².